The van der Waals surface area contributed by atoms with Crippen LogP contribution in [0.1, 0.15) is 24.2 Å². The van der Waals surface area contributed by atoms with Gasteiger partial charge in [-0.1, -0.05) is 0 Å². The molecule has 0 radical (unpaired) electrons. The summed E-state index contributed by atoms with van der Waals surface area (Å²) in [6.45, 7) is 3.46. The van der Waals surface area contributed by atoms with E-state index in [0.717, 1.165) is 0 Å². The smallest absolute Gasteiger partial charge is 0.339 e. The molecule has 0 spiro atoms. The molecule has 0 saturated carbocycles. The fourth-order valence-corrected chi connectivity index (χ4v) is 1.18. The zero-order chi connectivity index (χ0) is 12.1. The Balaban J connectivity index is 3.10. The van der Waals surface area contributed by atoms with Gasteiger partial charge in [0.05, 0.1) is 6.61 Å². The van der Waals surface area contributed by atoms with Crippen LogP contribution in [0, 0.1) is 0 Å². The summed E-state index contributed by atoms with van der Waals surface area (Å²) in [5.41, 5.74) is -0.0707. The first-order valence-corrected chi connectivity index (χ1v) is 4.73. The summed E-state index contributed by atoms with van der Waals surface area (Å²) in [7, 11) is 0. The predicted octanol–water partition coefficient (Wildman–Crippen LogP) is 1.71. The highest BCUT2D eigenvalue weighted by molar-refractivity contribution is 5.92. The highest BCUT2D eigenvalue weighted by Crippen LogP contribution is 2.25. The van der Waals surface area contributed by atoms with Gasteiger partial charge in [-0.25, -0.2) is 4.79 Å². The number of benzene rings is 1. The van der Waals surface area contributed by atoms with Gasteiger partial charge in [0.25, 0.3) is 0 Å². The van der Waals surface area contributed by atoms with E-state index in [0.29, 0.717) is 12.4 Å². The summed E-state index contributed by atoms with van der Waals surface area (Å²) in [5, 5.41) is 8.87. The van der Waals surface area contributed by atoms with Crippen molar-refractivity contribution in [3.63, 3.8) is 0 Å². The lowest BCUT2D eigenvalue weighted by Crippen LogP contribution is -2.07. The van der Waals surface area contributed by atoms with E-state index in [9.17, 15) is 9.59 Å². The molecule has 0 aliphatic rings. The zero-order valence-electron chi connectivity index (χ0n) is 9.02. The van der Waals surface area contributed by atoms with Crippen molar-refractivity contribution in [2.45, 2.75) is 13.8 Å². The summed E-state index contributed by atoms with van der Waals surface area (Å²) < 4.78 is 9.97. The van der Waals surface area contributed by atoms with Gasteiger partial charge in [0.2, 0.25) is 0 Å². The number of carbonyl (C=O) groups excluding carboxylic acids is 1. The standard InChI is InChI=1S/C11H12O5/c1-3-15-8-4-5-9(11(13)14)10(6-8)16-7(2)12/h4-6H,3H2,1-2H3,(H,13,14). The molecule has 0 aromatic heterocycles. The lowest BCUT2D eigenvalue weighted by molar-refractivity contribution is -0.131. The summed E-state index contributed by atoms with van der Waals surface area (Å²) in [5.74, 6) is -1.27. The SMILES string of the molecule is CCOc1ccc(C(=O)O)c(OC(C)=O)c1. The van der Waals surface area contributed by atoms with Gasteiger partial charge in [-0.2, -0.15) is 0 Å². The van der Waals surface area contributed by atoms with E-state index in [2.05, 4.69) is 0 Å². The number of ether oxygens (including phenoxy) is 2. The molecule has 0 bridgehead atoms. The molecule has 5 heteroatoms. The van der Waals surface area contributed by atoms with Crippen molar-refractivity contribution in [2.24, 2.45) is 0 Å². The number of carbonyl (C=O) groups is 2. The molecule has 0 saturated heterocycles. The Morgan fingerprint density at radius 3 is 2.56 bits per heavy atom. The first-order chi connectivity index (χ1) is 7.54. The third-order valence-electron chi connectivity index (χ3n) is 1.75. The van der Waals surface area contributed by atoms with Gasteiger partial charge < -0.3 is 14.6 Å². The van der Waals surface area contributed by atoms with Crippen molar-refractivity contribution in [1.82, 2.24) is 0 Å². The second kappa shape index (κ2) is 5.16. The Morgan fingerprint density at radius 1 is 1.38 bits per heavy atom. The third kappa shape index (κ3) is 2.98. The fourth-order valence-electron chi connectivity index (χ4n) is 1.18. The Labute approximate surface area is 92.6 Å². The summed E-state index contributed by atoms with van der Waals surface area (Å²) in [6, 6.07) is 4.24. The minimum Gasteiger partial charge on any atom is -0.494 e. The molecule has 0 aliphatic carbocycles. The Hall–Kier alpha value is -2.04. The molecular formula is C11H12O5. The number of carboxylic acid groups (broad SMARTS) is 1. The maximum Gasteiger partial charge on any atom is 0.339 e. The first kappa shape index (κ1) is 12.0. The van der Waals surface area contributed by atoms with Crippen LogP contribution >= 0.6 is 0 Å². The molecule has 1 N–H and O–H groups in total. The van der Waals surface area contributed by atoms with Gasteiger partial charge in [-0.15, -0.1) is 0 Å². The average molecular weight is 224 g/mol. The monoisotopic (exact) mass is 224 g/mol. The van der Waals surface area contributed by atoms with Gasteiger partial charge in [0, 0.05) is 13.0 Å². The molecule has 0 fully saturated rings. The number of carboxylic acids is 1. The summed E-state index contributed by atoms with van der Waals surface area (Å²) in [4.78, 5) is 21.6. The van der Waals surface area contributed by atoms with Crippen molar-refractivity contribution in [3.8, 4) is 11.5 Å². The molecule has 1 aromatic carbocycles. The van der Waals surface area contributed by atoms with Crippen LogP contribution in [-0.2, 0) is 4.79 Å². The van der Waals surface area contributed by atoms with E-state index in [4.69, 9.17) is 14.6 Å². The highest BCUT2D eigenvalue weighted by Gasteiger charge is 2.14. The van der Waals surface area contributed by atoms with Gasteiger partial charge >= 0.3 is 11.9 Å². The van der Waals surface area contributed by atoms with Gasteiger partial charge in [-0.05, 0) is 19.1 Å². The van der Waals surface area contributed by atoms with Crippen LogP contribution in [0.4, 0.5) is 0 Å². The number of esters is 1. The van der Waals surface area contributed by atoms with E-state index >= 15 is 0 Å². The second-order valence-corrected chi connectivity index (χ2v) is 2.99. The normalized spacial score (nSPS) is 9.62. The quantitative estimate of drug-likeness (QED) is 0.622. The third-order valence-corrected chi connectivity index (χ3v) is 1.75. The van der Waals surface area contributed by atoms with Crippen LogP contribution in [0.2, 0.25) is 0 Å². The maximum atomic E-state index is 10.8. The minimum absolute atomic E-state index is 0.00838. The van der Waals surface area contributed by atoms with E-state index in [-0.39, 0.29) is 11.3 Å². The molecule has 16 heavy (non-hydrogen) atoms. The molecule has 5 nitrogen and oxygen atoms in total. The van der Waals surface area contributed by atoms with Crippen LogP contribution in [0.25, 0.3) is 0 Å². The number of rotatable bonds is 4. The lowest BCUT2D eigenvalue weighted by Gasteiger charge is -2.08. The molecule has 0 amide bonds. The molecule has 0 heterocycles. The Morgan fingerprint density at radius 2 is 2.06 bits per heavy atom. The first-order valence-electron chi connectivity index (χ1n) is 4.73. The highest BCUT2D eigenvalue weighted by atomic mass is 16.5. The van der Waals surface area contributed by atoms with Crippen LogP contribution in [0.3, 0.4) is 0 Å². The van der Waals surface area contributed by atoms with E-state index in [1.54, 1.807) is 6.92 Å². The van der Waals surface area contributed by atoms with Crippen molar-refractivity contribution in [2.75, 3.05) is 6.61 Å². The largest absolute Gasteiger partial charge is 0.494 e. The Kier molecular flexibility index (Phi) is 3.88. The van der Waals surface area contributed by atoms with Crippen molar-refractivity contribution in [3.05, 3.63) is 23.8 Å². The Bertz CT molecular complexity index is 411. The lowest BCUT2D eigenvalue weighted by atomic mass is 10.2. The predicted molar refractivity (Wildman–Crippen MR) is 55.9 cm³/mol. The zero-order valence-corrected chi connectivity index (χ0v) is 9.02. The summed E-state index contributed by atoms with van der Waals surface area (Å²) in [6.07, 6.45) is 0. The number of hydrogen-bond donors (Lipinski definition) is 1. The minimum atomic E-state index is -1.15. The topological polar surface area (TPSA) is 72.8 Å². The molecule has 1 rings (SSSR count). The van der Waals surface area contributed by atoms with Crippen molar-refractivity contribution >= 4 is 11.9 Å². The number of hydrogen-bond acceptors (Lipinski definition) is 4. The van der Waals surface area contributed by atoms with Crippen LogP contribution < -0.4 is 9.47 Å². The molecule has 0 atom stereocenters. The van der Waals surface area contributed by atoms with Gasteiger partial charge in [-0.3, -0.25) is 4.79 Å². The molecule has 86 valence electrons. The van der Waals surface area contributed by atoms with E-state index in [1.807, 2.05) is 0 Å². The van der Waals surface area contributed by atoms with E-state index < -0.39 is 11.9 Å². The molecule has 1 aromatic rings. The fraction of sp³-hybridized carbons (Fsp3) is 0.273. The number of aromatic carboxylic acids is 1. The van der Waals surface area contributed by atoms with Gasteiger partial charge in [0.1, 0.15) is 17.1 Å². The van der Waals surface area contributed by atoms with E-state index in [1.165, 1.54) is 25.1 Å². The molecular weight excluding hydrogens is 212 g/mol. The van der Waals surface area contributed by atoms with Crippen LogP contribution in [-0.4, -0.2) is 23.7 Å². The average Bonchev–Trinajstić information content (AvgIpc) is 2.16. The van der Waals surface area contributed by atoms with Gasteiger partial charge in [0.15, 0.2) is 0 Å². The second-order valence-electron chi connectivity index (χ2n) is 2.99. The van der Waals surface area contributed by atoms with Crippen LogP contribution in [0.15, 0.2) is 18.2 Å². The molecule has 0 unspecified atom stereocenters. The van der Waals surface area contributed by atoms with Crippen LogP contribution in [0.5, 0.6) is 11.5 Å². The summed E-state index contributed by atoms with van der Waals surface area (Å²) >= 11 is 0. The molecule has 0 aliphatic heterocycles. The van der Waals surface area contributed by atoms with Crippen molar-refractivity contribution < 1.29 is 24.2 Å². The van der Waals surface area contributed by atoms with Crippen molar-refractivity contribution in [1.29, 1.82) is 0 Å². The maximum absolute atomic E-state index is 10.8.